The SMILES string of the molecule is O=[N+]([O-])c1cc(C(F)(F)F)cc([N+](=O)[O-])c1Sc1ncccn1. The van der Waals surface area contributed by atoms with Gasteiger partial charge in [-0.25, -0.2) is 9.97 Å². The van der Waals surface area contributed by atoms with Crippen LogP contribution in [0.1, 0.15) is 5.56 Å². The summed E-state index contributed by atoms with van der Waals surface area (Å²) in [5, 5.41) is 22.0. The predicted molar refractivity (Wildman–Crippen MR) is 70.9 cm³/mol. The number of alkyl halides is 3. The van der Waals surface area contributed by atoms with E-state index in [4.69, 9.17) is 0 Å². The molecule has 2 rings (SSSR count). The Morgan fingerprint density at radius 1 is 1.00 bits per heavy atom. The monoisotopic (exact) mass is 346 g/mol. The smallest absolute Gasteiger partial charge is 0.258 e. The van der Waals surface area contributed by atoms with Crippen LogP contribution in [0, 0.1) is 20.2 Å². The Hall–Kier alpha value is -2.76. The van der Waals surface area contributed by atoms with Crippen molar-refractivity contribution < 1.29 is 23.0 Å². The second kappa shape index (κ2) is 6.16. The average Bonchev–Trinajstić information content (AvgIpc) is 2.46. The first-order valence-electron chi connectivity index (χ1n) is 5.69. The van der Waals surface area contributed by atoms with Gasteiger partial charge in [0, 0.05) is 24.5 Å². The van der Waals surface area contributed by atoms with Crippen molar-refractivity contribution in [3.63, 3.8) is 0 Å². The molecule has 0 saturated heterocycles. The molecule has 0 unspecified atom stereocenters. The second-order valence-electron chi connectivity index (χ2n) is 3.99. The summed E-state index contributed by atoms with van der Waals surface area (Å²) in [6.07, 6.45) is -2.38. The summed E-state index contributed by atoms with van der Waals surface area (Å²) in [4.78, 5) is 26.7. The van der Waals surface area contributed by atoms with Gasteiger partial charge in [0.2, 0.25) is 0 Å². The molecular weight excluding hydrogens is 341 g/mol. The number of hydrogen-bond acceptors (Lipinski definition) is 7. The largest absolute Gasteiger partial charge is 0.416 e. The topological polar surface area (TPSA) is 112 Å². The molecule has 23 heavy (non-hydrogen) atoms. The van der Waals surface area contributed by atoms with Gasteiger partial charge < -0.3 is 0 Å². The molecule has 1 aromatic heterocycles. The normalized spacial score (nSPS) is 11.3. The van der Waals surface area contributed by atoms with E-state index in [0.29, 0.717) is 11.8 Å². The van der Waals surface area contributed by atoms with E-state index in [9.17, 15) is 33.4 Å². The van der Waals surface area contributed by atoms with Crippen molar-refractivity contribution in [2.24, 2.45) is 0 Å². The van der Waals surface area contributed by atoms with Gasteiger partial charge in [-0.05, 0) is 17.8 Å². The van der Waals surface area contributed by atoms with Crippen LogP contribution in [0.5, 0.6) is 0 Å². The van der Waals surface area contributed by atoms with E-state index in [1.165, 1.54) is 18.5 Å². The van der Waals surface area contributed by atoms with E-state index in [2.05, 4.69) is 9.97 Å². The Morgan fingerprint density at radius 3 is 1.87 bits per heavy atom. The fraction of sp³-hybridized carbons (Fsp3) is 0.0909. The number of nitrogens with zero attached hydrogens (tertiary/aromatic N) is 4. The van der Waals surface area contributed by atoms with Crippen molar-refractivity contribution in [2.45, 2.75) is 16.2 Å². The minimum atomic E-state index is -4.96. The van der Waals surface area contributed by atoms with E-state index in [1.807, 2.05) is 0 Å². The van der Waals surface area contributed by atoms with E-state index in [0.717, 1.165) is 0 Å². The maximum absolute atomic E-state index is 12.8. The standard InChI is InChI=1S/C11H5F3N4O4S/c12-11(13,14)6-4-7(17(19)20)9(8(5-6)18(21)22)23-10-15-2-1-3-16-10/h1-5H. The van der Waals surface area contributed by atoms with Crippen LogP contribution in [-0.4, -0.2) is 19.8 Å². The fourth-order valence-electron chi connectivity index (χ4n) is 1.57. The van der Waals surface area contributed by atoms with Gasteiger partial charge in [-0.1, -0.05) is 0 Å². The number of benzene rings is 1. The third-order valence-corrected chi connectivity index (χ3v) is 3.52. The van der Waals surface area contributed by atoms with E-state index in [-0.39, 0.29) is 17.3 Å². The van der Waals surface area contributed by atoms with Crippen LogP contribution >= 0.6 is 11.8 Å². The number of rotatable bonds is 4. The average molecular weight is 346 g/mol. The summed E-state index contributed by atoms with van der Waals surface area (Å²) < 4.78 is 38.3. The second-order valence-corrected chi connectivity index (χ2v) is 4.97. The summed E-state index contributed by atoms with van der Waals surface area (Å²) in [6.45, 7) is 0. The fourth-order valence-corrected chi connectivity index (χ4v) is 2.45. The van der Waals surface area contributed by atoms with Crippen molar-refractivity contribution in [2.75, 3.05) is 0 Å². The highest BCUT2D eigenvalue weighted by atomic mass is 32.2. The van der Waals surface area contributed by atoms with Gasteiger partial charge in [0.1, 0.15) is 0 Å². The first-order valence-corrected chi connectivity index (χ1v) is 6.50. The molecule has 12 heteroatoms. The number of hydrogen-bond donors (Lipinski definition) is 0. The summed E-state index contributed by atoms with van der Waals surface area (Å²) in [5.74, 6) is 0. The lowest BCUT2D eigenvalue weighted by Gasteiger charge is -2.09. The molecular formula is C11H5F3N4O4S. The maximum atomic E-state index is 12.8. The quantitative estimate of drug-likeness (QED) is 0.473. The Labute approximate surface area is 129 Å². The van der Waals surface area contributed by atoms with Gasteiger partial charge >= 0.3 is 6.18 Å². The van der Waals surface area contributed by atoms with E-state index >= 15 is 0 Å². The minimum Gasteiger partial charge on any atom is -0.258 e. The van der Waals surface area contributed by atoms with Crippen molar-refractivity contribution in [3.8, 4) is 0 Å². The van der Waals surface area contributed by atoms with Crippen LogP contribution in [0.3, 0.4) is 0 Å². The Kier molecular flexibility index (Phi) is 4.45. The zero-order chi connectivity index (χ0) is 17.2. The lowest BCUT2D eigenvalue weighted by molar-refractivity contribution is -0.400. The van der Waals surface area contributed by atoms with Gasteiger partial charge in [-0.2, -0.15) is 13.2 Å². The number of halogens is 3. The van der Waals surface area contributed by atoms with Crippen LogP contribution in [-0.2, 0) is 6.18 Å². The number of aromatic nitrogens is 2. The number of nitro benzene ring substituents is 2. The van der Waals surface area contributed by atoms with Crippen LogP contribution in [0.25, 0.3) is 0 Å². The van der Waals surface area contributed by atoms with Crippen LogP contribution < -0.4 is 0 Å². The zero-order valence-corrected chi connectivity index (χ0v) is 11.7. The van der Waals surface area contributed by atoms with Crippen molar-refractivity contribution in [1.82, 2.24) is 9.97 Å². The third kappa shape index (κ3) is 3.71. The predicted octanol–water partition coefficient (Wildman–Crippen LogP) is 3.46. The molecule has 2 aromatic rings. The Bertz CT molecular complexity index is 735. The molecule has 0 aliphatic heterocycles. The first kappa shape index (κ1) is 16.6. The molecule has 0 saturated carbocycles. The summed E-state index contributed by atoms with van der Waals surface area (Å²) >= 11 is 0.444. The van der Waals surface area contributed by atoms with Crippen molar-refractivity contribution in [3.05, 3.63) is 56.4 Å². The van der Waals surface area contributed by atoms with Gasteiger partial charge in [0.25, 0.3) is 11.4 Å². The Balaban J connectivity index is 2.67. The molecule has 0 fully saturated rings. The lowest BCUT2D eigenvalue weighted by atomic mass is 10.1. The van der Waals surface area contributed by atoms with Crippen LogP contribution in [0.15, 0.2) is 40.6 Å². The third-order valence-electron chi connectivity index (χ3n) is 2.51. The molecule has 120 valence electrons. The zero-order valence-electron chi connectivity index (χ0n) is 10.9. The molecule has 1 heterocycles. The highest BCUT2D eigenvalue weighted by molar-refractivity contribution is 7.99. The highest BCUT2D eigenvalue weighted by Crippen LogP contribution is 2.44. The van der Waals surface area contributed by atoms with Crippen molar-refractivity contribution >= 4 is 23.1 Å². The van der Waals surface area contributed by atoms with Crippen LogP contribution in [0.4, 0.5) is 24.5 Å². The van der Waals surface area contributed by atoms with E-state index in [1.54, 1.807) is 0 Å². The molecule has 0 spiro atoms. The summed E-state index contributed by atoms with van der Waals surface area (Å²) in [5.41, 5.74) is -3.55. The lowest BCUT2D eigenvalue weighted by Crippen LogP contribution is -2.08. The molecule has 0 bridgehead atoms. The Morgan fingerprint density at radius 2 is 1.48 bits per heavy atom. The molecule has 1 aromatic carbocycles. The van der Waals surface area contributed by atoms with Gasteiger partial charge in [-0.15, -0.1) is 0 Å². The van der Waals surface area contributed by atoms with Crippen LogP contribution in [0.2, 0.25) is 0 Å². The maximum Gasteiger partial charge on any atom is 0.416 e. The summed E-state index contributed by atoms with van der Waals surface area (Å²) in [6, 6.07) is 1.94. The van der Waals surface area contributed by atoms with Crippen molar-refractivity contribution in [1.29, 1.82) is 0 Å². The first-order chi connectivity index (χ1) is 10.7. The van der Waals surface area contributed by atoms with Gasteiger partial charge in [0.05, 0.1) is 15.4 Å². The molecule has 0 aliphatic rings. The molecule has 0 N–H and O–H groups in total. The molecule has 0 atom stereocenters. The molecule has 0 amide bonds. The number of nitro groups is 2. The van der Waals surface area contributed by atoms with Gasteiger partial charge in [0.15, 0.2) is 10.1 Å². The molecule has 8 nitrogen and oxygen atoms in total. The minimum absolute atomic E-state index is 0.0709. The summed E-state index contributed by atoms with van der Waals surface area (Å²) in [7, 11) is 0. The molecule has 0 radical (unpaired) electrons. The molecule has 0 aliphatic carbocycles. The van der Waals surface area contributed by atoms with E-state index < -0.39 is 37.9 Å². The van der Waals surface area contributed by atoms with Gasteiger partial charge in [-0.3, -0.25) is 20.2 Å². The highest BCUT2D eigenvalue weighted by Gasteiger charge is 2.38.